The van der Waals surface area contributed by atoms with E-state index in [0.717, 1.165) is 27.8 Å². The van der Waals surface area contributed by atoms with Crippen LogP contribution in [0.2, 0.25) is 0 Å². The summed E-state index contributed by atoms with van der Waals surface area (Å²) in [5, 5.41) is 4.85. The van der Waals surface area contributed by atoms with Crippen molar-refractivity contribution in [1.82, 2.24) is 9.97 Å². The number of benzene rings is 3. The molecule has 3 nitrogen and oxygen atoms in total. The lowest BCUT2D eigenvalue weighted by Gasteiger charge is -2.04. The van der Waals surface area contributed by atoms with Crippen LogP contribution in [0.1, 0.15) is 0 Å². The van der Waals surface area contributed by atoms with E-state index in [1.165, 1.54) is 21.5 Å². The zero-order valence-corrected chi connectivity index (χ0v) is 12.1. The van der Waals surface area contributed by atoms with Crippen molar-refractivity contribution in [2.24, 2.45) is 0 Å². The van der Waals surface area contributed by atoms with Crippen molar-refractivity contribution < 1.29 is 4.74 Å². The van der Waals surface area contributed by atoms with Crippen LogP contribution in [0.3, 0.4) is 0 Å². The van der Waals surface area contributed by atoms with Crippen LogP contribution in [0, 0.1) is 0 Å². The van der Waals surface area contributed by atoms with Crippen molar-refractivity contribution >= 4 is 43.6 Å². The van der Waals surface area contributed by atoms with Crippen LogP contribution < -0.4 is 4.74 Å². The monoisotopic (exact) mass is 286 g/mol. The van der Waals surface area contributed by atoms with Gasteiger partial charge in [0, 0.05) is 32.6 Å². The number of H-pyrrole nitrogens is 2. The Bertz CT molecular complexity index is 1080. The van der Waals surface area contributed by atoms with E-state index in [-0.39, 0.29) is 0 Å². The molecule has 0 radical (unpaired) electrons. The summed E-state index contributed by atoms with van der Waals surface area (Å²) in [6, 6.07) is 19.0. The van der Waals surface area contributed by atoms with Gasteiger partial charge in [0.25, 0.3) is 0 Å². The van der Waals surface area contributed by atoms with Crippen LogP contribution in [0.4, 0.5) is 0 Å². The number of fused-ring (bicyclic) bond motifs is 6. The van der Waals surface area contributed by atoms with Crippen LogP contribution in [0.15, 0.2) is 54.6 Å². The summed E-state index contributed by atoms with van der Waals surface area (Å²) in [6.45, 7) is 0. The Morgan fingerprint density at radius 1 is 0.682 bits per heavy atom. The van der Waals surface area contributed by atoms with Gasteiger partial charge in [-0.2, -0.15) is 0 Å². The highest BCUT2D eigenvalue weighted by Crippen LogP contribution is 2.40. The van der Waals surface area contributed by atoms with Crippen LogP contribution in [0.5, 0.6) is 5.75 Å². The third-order valence-electron chi connectivity index (χ3n) is 4.44. The maximum absolute atomic E-state index is 5.74. The molecule has 5 rings (SSSR count). The van der Waals surface area contributed by atoms with Gasteiger partial charge in [0.05, 0.1) is 18.1 Å². The molecule has 0 saturated heterocycles. The molecule has 5 aromatic rings. The molecule has 0 aliphatic carbocycles. The molecule has 0 unspecified atom stereocenters. The molecule has 106 valence electrons. The molecule has 0 bridgehead atoms. The Kier molecular flexibility index (Phi) is 2.15. The standard InChI is InChI=1S/C19H14N2O/c1-22-19-17-13(11-6-2-4-8-15(11)20-17)10-14-12-7-3-5-9-16(12)21-18(14)19/h2-10,20-21H,1H3. The molecule has 3 heteroatoms. The average molecular weight is 286 g/mol. The van der Waals surface area contributed by atoms with Crippen LogP contribution in [-0.2, 0) is 0 Å². The fraction of sp³-hybridized carbons (Fsp3) is 0.0526. The van der Waals surface area contributed by atoms with Gasteiger partial charge in [-0.3, -0.25) is 0 Å². The largest absolute Gasteiger partial charge is 0.492 e. The van der Waals surface area contributed by atoms with Gasteiger partial charge in [0.2, 0.25) is 0 Å². The van der Waals surface area contributed by atoms with Crippen molar-refractivity contribution in [3.05, 3.63) is 54.6 Å². The molecule has 0 amide bonds. The van der Waals surface area contributed by atoms with Gasteiger partial charge >= 0.3 is 0 Å². The lowest BCUT2D eigenvalue weighted by molar-refractivity contribution is 0.423. The lowest BCUT2D eigenvalue weighted by Crippen LogP contribution is -1.86. The van der Waals surface area contributed by atoms with E-state index in [4.69, 9.17) is 4.74 Å². The molecule has 3 aromatic carbocycles. The molecule has 2 aromatic heterocycles. The van der Waals surface area contributed by atoms with Crippen LogP contribution in [0.25, 0.3) is 43.6 Å². The smallest absolute Gasteiger partial charge is 0.166 e. The van der Waals surface area contributed by atoms with E-state index in [1.807, 2.05) is 12.1 Å². The van der Waals surface area contributed by atoms with Gasteiger partial charge in [-0.05, 0) is 18.2 Å². The highest BCUT2D eigenvalue weighted by Gasteiger charge is 2.16. The number of aromatic amines is 2. The van der Waals surface area contributed by atoms with Gasteiger partial charge in [0.1, 0.15) is 0 Å². The zero-order chi connectivity index (χ0) is 14.7. The Morgan fingerprint density at radius 3 is 1.68 bits per heavy atom. The highest BCUT2D eigenvalue weighted by molar-refractivity contribution is 6.20. The van der Waals surface area contributed by atoms with Crippen molar-refractivity contribution in [1.29, 1.82) is 0 Å². The Labute approximate surface area is 126 Å². The lowest BCUT2D eigenvalue weighted by atomic mass is 10.1. The Morgan fingerprint density at radius 2 is 1.18 bits per heavy atom. The maximum Gasteiger partial charge on any atom is 0.166 e. The van der Waals surface area contributed by atoms with Crippen molar-refractivity contribution in [2.45, 2.75) is 0 Å². The van der Waals surface area contributed by atoms with Crippen molar-refractivity contribution in [2.75, 3.05) is 7.11 Å². The molecule has 22 heavy (non-hydrogen) atoms. The van der Waals surface area contributed by atoms with Crippen LogP contribution >= 0.6 is 0 Å². The number of ether oxygens (including phenoxy) is 1. The molecule has 0 atom stereocenters. The summed E-state index contributed by atoms with van der Waals surface area (Å²) in [6.07, 6.45) is 0. The summed E-state index contributed by atoms with van der Waals surface area (Å²) >= 11 is 0. The fourth-order valence-corrected chi connectivity index (χ4v) is 3.46. The topological polar surface area (TPSA) is 40.8 Å². The minimum Gasteiger partial charge on any atom is -0.492 e. The number of rotatable bonds is 1. The number of aromatic nitrogens is 2. The van der Waals surface area contributed by atoms with E-state index < -0.39 is 0 Å². The van der Waals surface area contributed by atoms with Gasteiger partial charge < -0.3 is 14.7 Å². The van der Waals surface area contributed by atoms with E-state index in [1.54, 1.807) is 7.11 Å². The predicted molar refractivity (Wildman–Crippen MR) is 91.7 cm³/mol. The summed E-state index contributed by atoms with van der Waals surface area (Å²) in [7, 11) is 1.73. The molecule has 0 spiro atoms. The summed E-state index contributed by atoms with van der Waals surface area (Å²) in [5.74, 6) is 0.875. The number of hydrogen-bond donors (Lipinski definition) is 2. The number of hydrogen-bond acceptors (Lipinski definition) is 1. The Balaban J connectivity index is 2.10. The summed E-state index contributed by atoms with van der Waals surface area (Å²) in [5.41, 5.74) is 4.35. The van der Waals surface area contributed by atoms with E-state index in [9.17, 15) is 0 Å². The predicted octanol–water partition coefficient (Wildman–Crippen LogP) is 4.96. The quantitative estimate of drug-likeness (QED) is 0.449. The normalized spacial score (nSPS) is 11.9. The maximum atomic E-state index is 5.74. The highest BCUT2D eigenvalue weighted by atomic mass is 16.5. The van der Waals surface area contributed by atoms with Gasteiger partial charge in [-0.1, -0.05) is 36.4 Å². The first-order valence-corrected chi connectivity index (χ1v) is 7.34. The van der Waals surface area contributed by atoms with Crippen LogP contribution in [-0.4, -0.2) is 17.1 Å². The zero-order valence-electron chi connectivity index (χ0n) is 12.1. The number of nitrogens with one attached hydrogen (secondary N) is 2. The molecule has 2 N–H and O–H groups in total. The van der Waals surface area contributed by atoms with Gasteiger partial charge in [-0.15, -0.1) is 0 Å². The fourth-order valence-electron chi connectivity index (χ4n) is 3.46. The average Bonchev–Trinajstić information content (AvgIpc) is 3.11. The van der Waals surface area contributed by atoms with E-state index in [0.29, 0.717) is 0 Å². The van der Waals surface area contributed by atoms with E-state index in [2.05, 4.69) is 52.4 Å². The first-order valence-electron chi connectivity index (χ1n) is 7.34. The molecular formula is C19H14N2O. The summed E-state index contributed by atoms with van der Waals surface area (Å²) < 4.78 is 5.74. The second-order valence-corrected chi connectivity index (χ2v) is 5.60. The minimum absolute atomic E-state index is 0.875. The third kappa shape index (κ3) is 1.35. The molecule has 0 saturated carbocycles. The van der Waals surface area contributed by atoms with Crippen molar-refractivity contribution in [3.8, 4) is 5.75 Å². The second kappa shape index (κ2) is 4.04. The molecule has 2 heterocycles. The van der Waals surface area contributed by atoms with Crippen molar-refractivity contribution in [3.63, 3.8) is 0 Å². The first-order chi connectivity index (χ1) is 10.9. The molecule has 0 fully saturated rings. The summed E-state index contributed by atoms with van der Waals surface area (Å²) in [4.78, 5) is 6.98. The first kappa shape index (κ1) is 11.7. The molecule has 0 aliphatic heterocycles. The van der Waals surface area contributed by atoms with Gasteiger partial charge in [-0.25, -0.2) is 0 Å². The number of methoxy groups -OCH3 is 1. The minimum atomic E-state index is 0.875. The SMILES string of the molecule is COc1c2[nH]c3ccccc3c2cc2c1[nH]c1ccccc12. The molecular weight excluding hydrogens is 272 g/mol. The third-order valence-corrected chi connectivity index (χ3v) is 4.44. The molecule has 0 aliphatic rings. The van der Waals surface area contributed by atoms with Gasteiger partial charge in [0.15, 0.2) is 5.75 Å². The van der Waals surface area contributed by atoms with E-state index >= 15 is 0 Å². The Hall–Kier alpha value is -2.94. The number of para-hydroxylation sites is 2. The second-order valence-electron chi connectivity index (χ2n) is 5.60.